The Kier molecular flexibility index (Phi) is 7.63. The number of alkyl halides is 3. The molecule has 0 bridgehead atoms. The fourth-order valence-electron chi connectivity index (χ4n) is 2.82. The molecule has 1 amide bonds. The van der Waals surface area contributed by atoms with E-state index in [1.807, 2.05) is 0 Å². The fourth-order valence-corrected chi connectivity index (χ4v) is 4.46. The minimum atomic E-state index is -4.64. The van der Waals surface area contributed by atoms with E-state index >= 15 is 0 Å². The maximum absolute atomic E-state index is 13.1. The number of nitrogens with one attached hydrogen (secondary N) is 1. The van der Waals surface area contributed by atoms with Crippen molar-refractivity contribution >= 4 is 44.8 Å². The number of sulfonamides is 1. The number of nitrogens with zero attached hydrogens (tertiary/aromatic N) is 2. The molecule has 0 aliphatic carbocycles. The molecule has 1 heterocycles. The predicted octanol–water partition coefficient (Wildman–Crippen LogP) is 5.24. The van der Waals surface area contributed by atoms with Crippen molar-refractivity contribution in [3.05, 3.63) is 88.2 Å². The van der Waals surface area contributed by atoms with Gasteiger partial charge in [-0.05, 0) is 48.0 Å². The highest BCUT2D eigenvalue weighted by Crippen LogP contribution is 2.34. The zero-order valence-corrected chi connectivity index (χ0v) is 19.0. The van der Waals surface area contributed by atoms with E-state index in [0.29, 0.717) is 16.7 Å². The summed E-state index contributed by atoms with van der Waals surface area (Å²) in [6.07, 6.45) is -2.12. The second kappa shape index (κ2) is 10.1. The van der Waals surface area contributed by atoms with Gasteiger partial charge < -0.3 is 5.32 Å². The Hall–Kier alpha value is -2.66. The van der Waals surface area contributed by atoms with Crippen molar-refractivity contribution in [1.82, 2.24) is 9.29 Å². The van der Waals surface area contributed by atoms with E-state index in [0.717, 1.165) is 22.6 Å². The van der Waals surface area contributed by atoms with E-state index in [1.165, 1.54) is 18.3 Å². The fraction of sp³-hybridized carbons (Fsp3) is 0.143. The average molecular weight is 518 g/mol. The van der Waals surface area contributed by atoms with Gasteiger partial charge >= 0.3 is 6.18 Å². The zero-order valence-electron chi connectivity index (χ0n) is 16.7. The first kappa shape index (κ1) is 25.0. The van der Waals surface area contributed by atoms with Crippen molar-refractivity contribution in [1.29, 1.82) is 0 Å². The first-order valence-electron chi connectivity index (χ1n) is 9.28. The number of aromatic nitrogens is 1. The molecule has 0 spiro atoms. The third-order valence-corrected chi connectivity index (χ3v) is 6.79. The van der Waals surface area contributed by atoms with Gasteiger partial charge in [0.25, 0.3) is 0 Å². The molecule has 0 aliphatic rings. The van der Waals surface area contributed by atoms with Crippen LogP contribution in [0, 0.1) is 0 Å². The molecule has 174 valence electrons. The summed E-state index contributed by atoms with van der Waals surface area (Å²) in [6.45, 7) is -0.884. The summed E-state index contributed by atoms with van der Waals surface area (Å²) in [7, 11) is -4.17. The van der Waals surface area contributed by atoms with Crippen molar-refractivity contribution in [2.75, 3.05) is 11.9 Å². The molecular weight excluding hydrogens is 502 g/mol. The van der Waals surface area contributed by atoms with Crippen molar-refractivity contribution in [3.8, 4) is 0 Å². The Morgan fingerprint density at radius 2 is 1.76 bits per heavy atom. The van der Waals surface area contributed by atoms with E-state index in [4.69, 9.17) is 23.2 Å². The minimum absolute atomic E-state index is 0.129. The molecule has 33 heavy (non-hydrogen) atoms. The Labute approximate surface area is 198 Å². The van der Waals surface area contributed by atoms with Crippen LogP contribution in [-0.4, -0.2) is 30.2 Å². The third-order valence-electron chi connectivity index (χ3n) is 4.43. The van der Waals surface area contributed by atoms with E-state index in [9.17, 15) is 26.4 Å². The van der Waals surface area contributed by atoms with Crippen molar-refractivity contribution in [2.24, 2.45) is 0 Å². The Morgan fingerprint density at radius 3 is 2.36 bits per heavy atom. The van der Waals surface area contributed by atoms with Gasteiger partial charge in [-0.1, -0.05) is 35.3 Å². The van der Waals surface area contributed by atoms with Crippen LogP contribution in [0.25, 0.3) is 0 Å². The number of halogens is 5. The zero-order chi connectivity index (χ0) is 24.2. The molecule has 2 aromatic carbocycles. The summed E-state index contributed by atoms with van der Waals surface area (Å²) in [6, 6.07) is 11.5. The molecule has 0 fully saturated rings. The quantitative estimate of drug-likeness (QED) is 0.464. The molecule has 1 aromatic heterocycles. The lowest BCUT2D eigenvalue weighted by Crippen LogP contribution is -2.37. The lowest BCUT2D eigenvalue weighted by molar-refractivity contribution is -0.137. The Bertz CT molecular complexity index is 1240. The normalized spacial score (nSPS) is 12.1. The number of benzene rings is 2. The molecule has 0 radical (unpaired) electrons. The lowest BCUT2D eigenvalue weighted by atomic mass is 10.2. The number of amides is 1. The number of carbonyl (C=O) groups is 1. The standard InChI is InChI=1S/C21H16Cl2F3N3O3S/c22-16-6-3-14(4-7-16)12-29(33(31,32)17-2-1-9-27-11-17)13-20(30)28-19-10-15(21(24,25)26)5-8-18(19)23/h1-11H,12-13H2,(H,28,30). The summed E-state index contributed by atoms with van der Waals surface area (Å²) in [4.78, 5) is 16.3. The third kappa shape index (κ3) is 6.44. The van der Waals surface area contributed by atoms with Gasteiger partial charge in [0, 0.05) is 24.0 Å². The second-order valence-electron chi connectivity index (χ2n) is 6.83. The van der Waals surface area contributed by atoms with Gasteiger partial charge in [0.1, 0.15) is 4.90 Å². The maximum Gasteiger partial charge on any atom is 0.416 e. The summed E-state index contributed by atoms with van der Waals surface area (Å²) in [5.41, 5.74) is -0.762. The summed E-state index contributed by atoms with van der Waals surface area (Å²) in [5, 5.41) is 2.57. The molecule has 0 saturated carbocycles. The van der Waals surface area contributed by atoms with Gasteiger partial charge in [-0.25, -0.2) is 8.42 Å². The van der Waals surface area contributed by atoms with Crippen LogP contribution in [0.2, 0.25) is 10.0 Å². The highest BCUT2D eigenvalue weighted by molar-refractivity contribution is 7.89. The molecule has 0 atom stereocenters. The number of pyridine rings is 1. The van der Waals surface area contributed by atoms with Crippen LogP contribution in [-0.2, 0) is 27.5 Å². The molecule has 0 aliphatic heterocycles. The molecular formula is C21H16Cl2F3N3O3S. The van der Waals surface area contributed by atoms with E-state index < -0.39 is 34.2 Å². The average Bonchev–Trinajstić information content (AvgIpc) is 2.76. The summed E-state index contributed by atoms with van der Waals surface area (Å²) in [5.74, 6) is -0.877. The predicted molar refractivity (Wildman–Crippen MR) is 118 cm³/mol. The minimum Gasteiger partial charge on any atom is -0.324 e. The molecule has 0 unspecified atom stereocenters. The molecule has 1 N–H and O–H groups in total. The van der Waals surface area contributed by atoms with Crippen molar-refractivity contribution in [2.45, 2.75) is 17.6 Å². The number of hydrogen-bond donors (Lipinski definition) is 1. The first-order valence-corrected chi connectivity index (χ1v) is 11.5. The molecule has 12 heteroatoms. The lowest BCUT2D eigenvalue weighted by Gasteiger charge is -2.22. The Balaban J connectivity index is 1.88. The molecule has 3 aromatic rings. The van der Waals surface area contributed by atoms with E-state index in [2.05, 4.69) is 10.3 Å². The first-order chi connectivity index (χ1) is 15.5. The summed E-state index contributed by atoms with van der Waals surface area (Å²) >= 11 is 11.8. The van der Waals surface area contributed by atoms with E-state index in [-0.39, 0.29) is 22.2 Å². The van der Waals surface area contributed by atoms with Crippen LogP contribution in [0.15, 0.2) is 71.9 Å². The topological polar surface area (TPSA) is 79.4 Å². The summed E-state index contributed by atoms with van der Waals surface area (Å²) < 4.78 is 66.2. The van der Waals surface area contributed by atoms with Crippen LogP contribution >= 0.6 is 23.2 Å². The molecule has 0 saturated heterocycles. The van der Waals surface area contributed by atoms with E-state index in [1.54, 1.807) is 24.3 Å². The number of carbonyl (C=O) groups excluding carboxylic acids is 1. The maximum atomic E-state index is 13.1. The van der Waals surface area contributed by atoms with Gasteiger partial charge in [-0.3, -0.25) is 9.78 Å². The molecule has 6 nitrogen and oxygen atoms in total. The van der Waals surface area contributed by atoms with Crippen LogP contribution in [0.4, 0.5) is 18.9 Å². The smallest absolute Gasteiger partial charge is 0.324 e. The number of rotatable bonds is 7. The van der Waals surface area contributed by atoms with Gasteiger partial charge in [0.05, 0.1) is 22.8 Å². The van der Waals surface area contributed by atoms with Gasteiger partial charge in [0.2, 0.25) is 15.9 Å². The van der Waals surface area contributed by atoms with Gasteiger partial charge in [-0.2, -0.15) is 17.5 Å². The van der Waals surface area contributed by atoms with Crippen LogP contribution in [0.5, 0.6) is 0 Å². The largest absolute Gasteiger partial charge is 0.416 e. The van der Waals surface area contributed by atoms with Gasteiger partial charge in [-0.15, -0.1) is 0 Å². The van der Waals surface area contributed by atoms with Crippen molar-refractivity contribution < 1.29 is 26.4 Å². The monoisotopic (exact) mass is 517 g/mol. The van der Waals surface area contributed by atoms with Crippen molar-refractivity contribution in [3.63, 3.8) is 0 Å². The Morgan fingerprint density at radius 1 is 1.06 bits per heavy atom. The van der Waals surface area contributed by atoms with Gasteiger partial charge in [0.15, 0.2) is 0 Å². The number of hydrogen-bond acceptors (Lipinski definition) is 4. The highest BCUT2D eigenvalue weighted by atomic mass is 35.5. The highest BCUT2D eigenvalue weighted by Gasteiger charge is 2.32. The molecule has 3 rings (SSSR count). The number of anilines is 1. The second-order valence-corrected chi connectivity index (χ2v) is 9.61. The van der Waals surface area contributed by atoms with Crippen LogP contribution in [0.1, 0.15) is 11.1 Å². The van der Waals surface area contributed by atoms with Crippen LogP contribution < -0.4 is 5.32 Å². The van der Waals surface area contributed by atoms with Crippen LogP contribution in [0.3, 0.4) is 0 Å². The SMILES string of the molecule is O=C(CN(Cc1ccc(Cl)cc1)S(=O)(=O)c1cccnc1)Nc1cc(C(F)(F)F)ccc1Cl.